The first-order valence-corrected chi connectivity index (χ1v) is 21.2. The van der Waals surface area contributed by atoms with E-state index >= 15 is 0 Å². The fraction of sp³-hybridized carbons (Fsp3) is 0.444. The quantitative estimate of drug-likeness (QED) is 0.271. The van der Waals surface area contributed by atoms with Crippen molar-refractivity contribution in [1.29, 1.82) is 0 Å². The summed E-state index contributed by atoms with van der Waals surface area (Å²) in [5.74, 6) is 0.763. The lowest BCUT2D eigenvalue weighted by Crippen LogP contribution is -2.47. The number of carbonyl (C=O) groups excluding carboxylic acids is 3. The highest BCUT2D eigenvalue weighted by molar-refractivity contribution is 6.01. The van der Waals surface area contributed by atoms with Crippen LogP contribution in [0.2, 0.25) is 0 Å². The normalized spacial score (nSPS) is 22.6. The van der Waals surface area contributed by atoms with Crippen LogP contribution in [-0.2, 0) is 20.9 Å². The van der Waals surface area contributed by atoms with E-state index in [9.17, 15) is 14.4 Å². The first-order valence-electron chi connectivity index (χ1n) is 21.2. The van der Waals surface area contributed by atoms with Gasteiger partial charge in [0.05, 0.1) is 17.8 Å². The maximum absolute atomic E-state index is 13.1. The molecule has 1 saturated carbocycles. The smallest absolute Gasteiger partial charge is 0.269 e. The van der Waals surface area contributed by atoms with Crippen molar-refractivity contribution in [2.24, 2.45) is 4.99 Å². The number of likely N-dealkylation sites (N-methyl/N-ethyl adjacent to an activating group) is 1. The number of guanidine groups is 1. The zero-order chi connectivity index (χ0) is 40.5. The number of imide groups is 1. The summed E-state index contributed by atoms with van der Waals surface area (Å²) in [7, 11) is 3.61. The van der Waals surface area contributed by atoms with Crippen molar-refractivity contribution >= 4 is 46.6 Å². The van der Waals surface area contributed by atoms with Gasteiger partial charge in [-0.2, -0.15) is 0 Å². The van der Waals surface area contributed by atoms with Crippen molar-refractivity contribution in [1.82, 2.24) is 30.3 Å². The van der Waals surface area contributed by atoms with E-state index in [2.05, 4.69) is 82.9 Å². The van der Waals surface area contributed by atoms with E-state index < -0.39 is 0 Å². The predicted molar refractivity (Wildman–Crippen MR) is 231 cm³/mol. The second-order valence-electron chi connectivity index (χ2n) is 16.7. The lowest BCUT2D eigenvalue weighted by Gasteiger charge is -2.38. The highest BCUT2D eigenvalue weighted by atomic mass is 16.2. The second-order valence-corrected chi connectivity index (χ2v) is 16.7. The number of hydrogen-bond acceptors (Lipinski definition) is 12. The number of aromatic nitrogens is 1. The third-order valence-corrected chi connectivity index (χ3v) is 12.7. The minimum absolute atomic E-state index is 0.0154. The van der Waals surface area contributed by atoms with Crippen molar-refractivity contribution in [3.05, 3.63) is 102 Å². The summed E-state index contributed by atoms with van der Waals surface area (Å²) < 4.78 is 0. The van der Waals surface area contributed by atoms with Crippen molar-refractivity contribution < 1.29 is 14.4 Å². The number of pyridine rings is 1. The number of piperazine rings is 2. The van der Waals surface area contributed by atoms with E-state index in [0.29, 0.717) is 24.8 Å². The minimum Gasteiger partial charge on any atom is -0.369 e. The van der Waals surface area contributed by atoms with Crippen LogP contribution in [0.3, 0.4) is 0 Å². The summed E-state index contributed by atoms with van der Waals surface area (Å²) in [6, 6.07) is 21.8. The molecule has 6 aliphatic rings. The van der Waals surface area contributed by atoms with E-state index in [1.165, 1.54) is 29.8 Å². The van der Waals surface area contributed by atoms with Gasteiger partial charge in [0.15, 0.2) is 6.17 Å². The molecule has 59 heavy (non-hydrogen) atoms. The Morgan fingerprint density at radius 2 is 1.42 bits per heavy atom. The lowest BCUT2D eigenvalue weighted by molar-refractivity contribution is -0.134. The number of aliphatic imine (C=N–C) groups is 1. The molecular weight excluding hydrogens is 743 g/mol. The van der Waals surface area contributed by atoms with Gasteiger partial charge in [0.25, 0.3) is 5.91 Å². The second kappa shape index (κ2) is 16.8. The average Bonchev–Trinajstić information content (AvgIpc) is 3.93. The fourth-order valence-electron chi connectivity index (χ4n) is 9.37. The SMILES string of the molecule is CN(C)C(=O)C1=CC2=CNC(Nc3ccc(N4CCN(c5ccc(N6CCN(Cc7ccc(C8CCC(=O)NC8=O)cc7)CC6)cc5)CC4)cn3)=NC2N1C1CCCC1. The molecule has 9 rings (SSSR count). The van der Waals surface area contributed by atoms with Crippen molar-refractivity contribution in [3.63, 3.8) is 0 Å². The van der Waals surface area contributed by atoms with Gasteiger partial charge >= 0.3 is 0 Å². The monoisotopic (exact) mass is 797 g/mol. The van der Waals surface area contributed by atoms with Gasteiger partial charge in [0.2, 0.25) is 17.8 Å². The number of hydrogen-bond donors (Lipinski definition) is 3. The zero-order valence-electron chi connectivity index (χ0n) is 34.1. The number of nitrogens with zero attached hydrogens (tertiary/aromatic N) is 8. The summed E-state index contributed by atoms with van der Waals surface area (Å²) in [5.41, 5.74) is 7.58. The molecule has 2 unspecified atom stereocenters. The molecule has 3 amide bonds. The number of anilines is 4. The third-order valence-electron chi connectivity index (χ3n) is 12.7. The Hall–Kier alpha value is -5.89. The molecule has 14 heteroatoms. The predicted octanol–water partition coefficient (Wildman–Crippen LogP) is 4.06. The standard InChI is InChI=1S/C45H55N11O3/c1-51(2)44(59)39-27-33-28-47-45(50-42(33)56(39)36-5-3-4-6-36)48-40-17-15-37(29-46-40)55-25-23-54(24-26-55)35-13-11-34(12-14-35)53-21-19-52(20-22-53)30-31-7-9-32(10-8-31)38-16-18-41(57)49-43(38)58/h7-15,17,27-29,36,38,42H,3-6,16,18-26,30H2,1-2H3,(H,49,57,58)(H2,46,47,48,50). The van der Waals surface area contributed by atoms with Gasteiger partial charge in [-0.1, -0.05) is 37.1 Å². The van der Waals surface area contributed by atoms with Crippen LogP contribution in [-0.4, -0.2) is 122 Å². The summed E-state index contributed by atoms with van der Waals surface area (Å²) in [6.07, 6.45) is 11.2. The van der Waals surface area contributed by atoms with E-state index in [4.69, 9.17) is 9.98 Å². The van der Waals surface area contributed by atoms with Crippen LogP contribution < -0.4 is 30.7 Å². The van der Waals surface area contributed by atoms with Crippen LogP contribution in [0.25, 0.3) is 0 Å². The van der Waals surface area contributed by atoms with Crippen molar-refractivity contribution in [2.45, 2.75) is 63.2 Å². The van der Waals surface area contributed by atoms with Gasteiger partial charge in [-0.15, -0.1) is 0 Å². The Morgan fingerprint density at radius 3 is 2.03 bits per heavy atom. The fourth-order valence-corrected chi connectivity index (χ4v) is 9.37. The van der Waals surface area contributed by atoms with Crippen LogP contribution in [0, 0.1) is 0 Å². The molecule has 0 radical (unpaired) electrons. The zero-order valence-corrected chi connectivity index (χ0v) is 34.1. The highest BCUT2D eigenvalue weighted by Gasteiger charge is 2.41. The third kappa shape index (κ3) is 8.36. The number of fused-ring (bicyclic) bond motifs is 1. The molecule has 6 heterocycles. The lowest BCUT2D eigenvalue weighted by atomic mass is 9.90. The van der Waals surface area contributed by atoms with Crippen LogP contribution in [0.4, 0.5) is 22.9 Å². The topological polar surface area (TPSA) is 132 Å². The Bertz CT molecular complexity index is 2110. The Kier molecular flexibility index (Phi) is 11.0. The maximum Gasteiger partial charge on any atom is 0.269 e. The molecule has 1 aliphatic carbocycles. The van der Waals surface area contributed by atoms with E-state index in [-0.39, 0.29) is 29.8 Å². The molecule has 2 aromatic carbocycles. The van der Waals surface area contributed by atoms with Crippen molar-refractivity contribution in [2.75, 3.05) is 86.5 Å². The molecule has 308 valence electrons. The molecule has 14 nitrogen and oxygen atoms in total. The van der Waals surface area contributed by atoms with Gasteiger partial charge in [0.1, 0.15) is 11.5 Å². The minimum atomic E-state index is -0.239. The number of nitrogens with one attached hydrogen (secondary N) is 3. The largest absolute Gasteiger partial charge is 0.369 e. The van der Waals surface area contributed by atoms with Gasteiger partial charge in [-0.25, -0.2) is 9.98 Å². The number of rotatable bonds is 9. The highest BCUT2D eigenvalue weighted by Crippen LogP contribution is 2.37. The summed E-state index contributed by atoms with van der Waals surface area (Å²) in [5, 5.41) is 9.12. The summed E-state index contributed by atoms with van der Waals surface area (Å²) in [4.78, 5) is 60.4. The van der Waals surface area contributed by atoms with Crippen LogP contribution in [0.15, 0.2) is 95.4 Å². The van der Waals surface area contributed by atoms with E-state index in [1.807, 2.05) is 36.7 Å². The molecule has 1 aromatic heterocycles. The molecule has 3 aromatic rings. The van der Waals surface area contributed by atoms with Crippen LogP contribution >= 0.6 is 0 Å². The van der Waals surface area contributed by atoms with Gasteiger partial charge < -0.3 is 35.1 Å². The molecule has 3 N–H and O–H groups in total. The molecular formula is C45H55N11O3. The Morgan fingerprint density at radius 1 is 0.797 bits per heavy atom. The molecule has 5 aliphatic heterocycles. The average molecular weight is 798 g/mol. The Balaban J connectivity index is 0.731. The molecule has 3 saturated heterocycles. The van der Waals surface area contributed by atoms with Crippen LogP contribution in [0.5, 0.6) is 0 Å². The first-order chi connectivity index (χ1) is 28.8. The molecule has 0 spiro atoms. The maximum atomic E-state index is 13.1. The number of benzene rings is 2. The van der Waals surface area contributed by atoms with E-state index in [0.717, 1.165) is 100 Å². The molecule has 4 fully saturated rings. The van der Waals surface area contributed by atoms with Crippen molar-refractivity contribution in [3.8, 4) is 0 Å². The van der Waals surface area contributed by atoms with Gasteiger partial charge in [-0.3, -0.25) is 24.6 Å². The number of carbonyl (C=O) groups is 3. The summed E-state index contributed by atoms with van der Waals surface area (Å²) >= 11 is 0. The van der Waals surface area contributed by atoms with Gasteiger partial charge in [0, 0.05) is 109 Å². The van der Waals surface area contributed by atoms with E-state index in [1.54, 1.807) is 19.0 Å². The Labute approximate surface area is 346 Å². The summed E-state index contributed by atoms with van der Waals surface area (Å²) in [6.45, 7) is 8.54. The first kappa shape index (κ1) is 38.6. The molecule has 0 bridgehead atoms. The van der Waals surface area contributed by atoms with Crippen LogP contribution in [0.1, 0.15) is 55.6 Å². The van der Waals surface area contributed by atoms with Gasteiger partial charge in [-0.05, 0) is 72.9 Å². The number of piperidine rings is 1. The molecule has 2 atom stereocenters. The number of amides is 3.